The number of rotatable bonds is 13. The lowest BCUT2D eigenvalue weighted by Gasteiger charge is -2.45. The predicted octanol–water partition coefficient (Wildman–Crippen LogP) is 8.79. The normalized spacial score (nSPS) is 28.0. The van der Waals surface area contributed by atoms with E-state index in [4.69, 9.17) is 0 Å². The van der Waals surface area contributed by atoms with Gasteiger partial charge in [-0.15, -0.1) is 0 Å². The average Bonchev–Trinajstić information content (AvgIpc) is 3.02. The summed E-state index contributed by atoms with van der Waals surface area (Å²) in [6, 6.07) is 0. The van der Waals surface area contributed by atoms with Gasteiger partial charge in [0.2, 0.25) is 0 Å². The van der Waals surface area contributed by atoms with Gasteiger partial charge in [0.1, 0.15) is 0 Å². The predicted molar refractivity (Wildman–Crippen MR) is 113 cm³/mol. The molecule has 0 spiro atoms. The van der Waals surface area contributed by atoms with Crippen LogP contribution < -0.4 is 0 Å². The minimum absolute atomic E-state index is 0.635. The summed E-state index contributed by atoms with van der Waals surface area (Å²) < 4.78 is 0. The Kier molecular flexibility index (Phi) is 8.35. The van der Waals surface area contributed by atoms with Crippen molar-refractivity contribution < 1.29 is 0 Å². The summed E-state index contributed by atoms with van der Waals surface area (Å²) in [5.41, 5.74) is 1.33. The van der Waals surface area contributed by atoms with Gasteiger partial charge in [0.25, 0.3) is 0 Å². The monoisotopic (exact) mass is 348 g/mol. The standard InChI is InChI=1S/C25H48/c1-6-9-12-17-25(18-13-10-7-2,19-14-11-8-3)23-20-21-15-16-22(23)24(21,4)5/h21-23H,6-20H2,1-5H3. The SMILES string of the molecule is CCCCCC(CCCCC)(CCCCC)C1CC2CCC1C2(C)C. The third kappa shape index (κ3) is 4.84. The fourth-order valence-electron chi connectivity index (χ4n) is 6.83. The highest BCUT2D eigenvalue weighted by atomic mass is 14.6. The third-order valence-corrected chi connectivity index (χ3v) is 8.48. The molecule has 2 aliphatic rings. The molecule has 2 bridgehead atoms. The number of hydrogen-bond acceptors (Lipinski definition) is 0. The van der Waals surface area contributed by atoms with Crippen LogP contribution in [-0.2, 0) is 0 Å². The molecule has 0 radical (unpaired) electrons. The molecule has 2 rings (SSSR count). The van der Waals surface area contributed by atoms with E-state index in [2.05, 4.69) is 34.6 Å². The zero-order valence-electron chi connectivity index (χ0n) is 18.3. The van der Waals surface area contributed by atoms with E-state index in [1.54, 1.807) is 12.8 Å². The molecule has 148 valence electrons. The third-order valence-electron chi connectivity index (χ3n) is 8.48. The first-order valence-electron chi connectivity index (χ1n) is 12.0. The van der Waals surface area contributed by atoms with Gasteiger partial charge < -0.3 is 0 Å². The van der Waals surface area contributed by atoms with Crippen molar-refractivity contribution in [2.24, 2.45) is 28.6 Å². The molecule has 0 saturated heterocycles. The highest BCUT2D eigenvalue weighted by Crippen LogP contribution is 2.66. The Labute approximate surface area is 159 Å². The van der Waals surface area contributed by atoms with Crippen molar-refractivity contribution in [1.82, 2.24) is 0 Å². The smallest absolute Gasteiger partial charge is 0.0266 e. The summed E-state index contributed by atoms with van der Waals surface area (Å²) in [5, 5.41) is 0. The first-order valence-corrected chi connectivity index (χ1v) is 12.0. The molecule has 25 heavy (non-hydrogen) atoms. The largest absolute Gasteiger partial charge is 0.0654 e. The summed E-state index contributed by atoms with van der Waals surface area (Å²) in [5.74, 6) is 3.11. The van der Waals surface area contributed by atoms with E-state index in [1.165, 1.54) is 83.5 Å². The number of hydrogen-bond donors (Lipinski definition) is 0. The quantitative estimate of drug-likeness (QED) is 0.292. The van der Waals surface area contributed by atoms with Crippen LogP contribution in [0, 0.1) is 28.6 Å². The molecule has 0 aromatic rings. The van der Waals surface area contributed by atoms with E-state index in [0.717, 1.165) is 17.8 Å². The molecule has 3 atom stereocenters. The van der Waals surface area contributed by atoms with Crippen molar-refractivity contribution >= 4 is 0 Å². The maximum absolute atomic E-state index is 2.62. The lowest BCUT2D eigenvalue weighted by atomic mass is 9.60. The highest BCUT2D eigenvalue weighted by Gasteiger charge is 2.58. The maximum atomic E-state index is 2.62. The lowest BCUT2D eigenvalue weighted by molar-refractivity contribution is 0.0470. The van der Waals surface area contributed by atoms with Crippen LogP contribution in [0.15, 0.2) is 0 Å². The molecule has 0 aromatic carbocycles. The minimum Gasteiger partial charge on any atom is -0.0654 e. The maximum Gasteiger partial charge on any atom is -0.0266 e. The van der Waals surface area contributed by atoms with Crippen molar-refractivity contribution in [3.8, 4) is 0 Å². The second-order valence-electron chi connectivity index (χ2n) is 10.3. The van der Waals surface area contributed by atoms with Crippen LogP contribution >= 0.6 is 0 Å². The Hall–Kier alpha value is 0. The highest BCUT2D eigenvalue weighted by molar-refractivity contribution is 5.07. The summed E-state index contributed by atoms with van der Waals surface area (Å²) >= 11 is 0. The lowest BCUT2D eigenvalue weighted by Crippen LogP contribution is -2.36. The van der Waals surface area contributed by atoms with E-state index in [-0.39, 0.29) is 0 Å². The topological polar surface area (TPSA) is 0 Å². The zero-order valence-corrected chi connectivity index (χ0v) is 18.3. The zero-order chi connectivity index (χ0) is 18.3. The fourth-order valence-corrected chi connectivity index (χ4v) is 6.83. The Morgan fingerprint density at radius 2 is 1.20 bits per heavy atom. The fraction of sp³-hybridized carbons (Fsp3) is 1.00. The van der Waals surface area contributed by atoms with Gasteiger partial charge in [-0.1, -0.05) is 92.4 Å². The van der Waals surface area contributed by atoms with Gasteiger partial charge >= 0.3 is 0 Å². The van der Waals surface area contributed by atoms with Crippen LogP contribution in [0.4, 0.5) is 0 Å². The van der Waals surface area contributed by atoms with E-state index in [1.807, 2.05) is 0 Å². The molecule has 0 N–H and O–H groups in total. The second kappa shape index (κ2) is 9.80. The van der Waals surface area contributed by atoms with Crippen LogP contribution in [0.1, 0.15) is 131 Å². The van der Waals surface area contributed by atoms with E-state index >= 15 is 0 Å². The van der Waals surface area contributed by atoms with Crippen LogP contribution in [0.3, 0.4) is 0 Å². The van der Waals surface area contributed by atoms with Crippen LogP contribution in [-0.4, -0.2) is 0 Å². The van der Waals surface area contributed by atoms with Gasteiger partial charge in [0.05, 0.1) is 0 Å². The van der Waals surface area contributed by atoms with Gasteiger partial charge in [0.15, 0.2) is 0 Å². The van der Waals surface area contributed by atoms with E-state index in [9.17, 15) is 0 Å². The Bertz CT molecular complexity index is 340. The Morgan fingerprint density at radius 3 is 1.52 bits per heavy atom. The summed E-state index contributed by atoms with van der Waals surface area (Å²) in [6.07, 6.45) is 22.2. The van der Waals surface area contributed by atoms with Gasteiger partial charge in [0, 0.05) is 0 Å². The molecule has 3 unspecified atom stereocenters. The minimum atomic E-state index is 0.635. The molecular weight excluding hydrogens is 300 g/mol. The van der Waals surface area contributed by atoms with Crippen molar-refractivity contribution in [1.29, 1.82) is 0 Å². The summed E-state index contributed by atoms with van der Waals surface area (Å²) in [4.78, 5) is 0. The molecule has 0 heterocycles. The van der Waals surface area contributed by atoms with Gasteiger partial charge in [-0.25, -0.2) is 0 Å². The van der Waals surface area contributed by atoms with Gasteiger partial charge in [-0.3, -0.25) is 0 Å². The molecule has 0 heteroatoms. The van der Waals surface area contributed by atoms with Gasteiger partial charge in [-0.2, -0.15) is 0 Å². The van der Waals surface area contributed by atoms with Crippen LogP contribution in [0.5, 0.6) is 0 Å². The van der Waals surface area contributed by atoms with Crippen molar-refractivity contribution in [2.75, 3.05) is 0 Å². The van der Waals surface area contributed by atoms with Crippen LogP contribution in [0.2, 0.25) is 0 Å². The molecule has 2 fully saturated rings. The molecule has 0 nitrogen and oxygen atoms in total. The first-order chi connectivity index (χ1) is 12.0. The Balaban J connectivity index is 2.17. The molecular formula is C25H48. The molecule has 0 aromatic heterocycles. The number of unbranched alkanes of at least 4 members (excludes halogenated alkanes) is 6. The first kappa shape index (κ1) is 21.3. The van der Waals surface area contributed by atoms with Crippen molar-refractivity contribution in [2.45, 2.75) is 131 Å². The molecule has 2 aliphatic carbocycles. The van der Waals surface area contributed by atoms with Crippen molar-refractivity contribution in [3.05, 3.63) is 0 Å². The average molecular weight is 349 g/mol. The molecule has 0 amide bonds. The molecule has 2 saturated carbocycles. The Morgan fingerprint density at radius 1 is 0.720 bits per heavy atom. The number of fused-ring (bicyclic) bond motifs is 2. The van der Waals surface area contributed by atoms with E-state index in [0.29, 0.717) is 10.8 Å². The van der Waals surface area contributed by atoms with E-state index < -0.39 is 0 Å². The van der Waals surface area contributed by atoms with Gasteiger partial charge in [-0.05, 0) is 67.1 Å². The van der Waals surface area contributed by atoms with Crippen molar-refractivity contribution in [3.63, 3.8) is 0 Å². The second-order valence-corrected chi connectivity index (χ2v) is 10.3. The van der Waals surface area contributed by atoms with Crippen LogP contribution in [0.25, 0.3) is 0 Å². The summed E-state index contributed by atoms with van der Waals surface area (Å²) in [6.45, 7) is 12.3. The summed E-state index contributed by atoms with van der Waals surface area (Å²) in [7, 11) is 0. The molecule has 0 aliphatic heterocycles.